The Morgan fingerprint density at radius 2 is 1.94 bits per heavy atom. The number of aromatic nitrogens is 2. The fourth-order valence-corrected chi connectivity index (χ4v) is 2.16. The van der Waals surface area contributed by atoms with Gasteiger partial charge in [-0.1, -0.05) is 18.6 Å². The van der Waals surface area contributed by atoms with Gasteiger partial charge in [-0.25, -0.2) is 9.99 Å². The summed E-state index contributed by atoms with van der Waals surface area (Å²) in [6.45, 7) is 2.22. The molecule has 0 aliphatic carbocycles. The number of nitrogens with one attached hydrogen (secondary N) is 2. The van der Waals surface area contributed by atoms with E-state index in [4.69, 9.17) is 0 Å². The number of hydrazine groups is 1. The van der Waals surface area contributed by atoms with E-state index in [1.807, 2.05) is 24.3 Å². The molecule has 1 aromatic heterocycles. The highest BCUT2D eigenvalue weighted by atomic mass is 15.5. The predicted octanol–water partition coefficient (Wildman–Crippen LogP) is 2.38. The highest BCUT2D eigenvalue weighted by Gasteiger charge is 2.11. The van der Waals surface area contributed by atoms with Gasteiger partial charge < -0.3 is 4.98 Å². The highest BCUT2D eigenvalue weighted by Crippen LogP contribution is 2.15. The predicted molar refractivity (Wildman–Crippen MR) is 65.1 cm³/mol. The van der Waals surface area contributed by atoms with E-state index < -0.39 is 0 Å². The lowest BCUT2D eigenvalue weighted by Gasteiger charge is -2.26. The first kappa shape index (κ1) is 9.66. The zero-order valence-corrected chi connectivity index (χ0v) is 9.24. The minimum atomic E-state index is 0.850. The average molecular weight is 216 g/mol. The smallest absolute Gasteiger partial charge is 0.216 e. The SMILES string of the molecule is c1ccc2[nH]c(NN3CCCCC3)nc2c1. The van der Waals surface area contributed by atoms with E-state index in [0.29, 0.717) is 0 Å². The molecule has 0 atom stereocenters. The molecule has 2 N–H and O–H groups in total. The standard InChI is InChI=1S/C12H16N4/c1-4-8-16(9-5-1)15-12-13-10-6-2-3-7-11(10)14-12/h2-3,6-7H,1,4-5,8-9H2,(H2,13,14,15). The summed E-state index contributed by atoms with van der Waals surface area (Å²) in [6, 6.07) is 8.09. The molecule has 1 aliphatic rings. The molecular formula is C12H16N4. The summed E-state index contributed by atoms with van der Waals surface area (Å²) in [6.07, 6.45) is 3.89. The van der Waals surface area contributed by atoms with Crippen molar-refractivity contribution in [2.45, 2.75) is 19.3 Å². The minimum absolute atomic E-state index is 0.850. The molecule has 84 valence electrons. The molecule has 1 saturated heterocycles. The van der Waals surface area contributed by atoms with Crippen molar-refractivity contribution in [3.8, 4) is 0 Å². The number of imidazole rings is 1. The van der Waals surface area contributed by atoms with Gasteiger partial charge in [0.1, 0.15) is 0 Å². The molecule has 0 unspecified atom stereocenters. The lowest BCUT2D eigenvalue weighted by molar-refractivity contribution is 0.271. The number of piperidine rings is 1. The van der Waals surface area contributed by atoms with Crippen LogP contribution in [0.25, 0.3) is 11.0 Å². The van der Waals surface area contributed by atoms with Crippen molar-refractivity contribution in [1.82, 2.24) is 15.0 Å². The number of para-hydroxylation sites is 2. The summed E-state index contributed by atoms with van der Waals surface area (Å²) in [4.78, 5) is 7.78. The van der Waals surface area contributed by atoms with E-state index in [2.05, 4.69) is 20.4 Å². The van der Waals surface area contributed by atoms with Crippen LogP contribution in [0.2, 0.25) is 0 Å². The Bertz CT molecular complexity index is 438. The van der Waals surface area contributed by atoms with Gasteiger partial charge >= 0.3 is 0 Å². The van der Waals surface area contributed by atoms with Gasteiger partial charge in [-0.15, -0.1) is 0 Å². The van der Waals surface area contributed by atoms with E-state index in [0.717, 1.165) is 30.1 Å². The molecule has 1 aromatic carbocycles. The summed E-state index contributed by atoms with van der Waals surface area (Å²) in [5.74, 6) is 0.850. The number of fused-ring (bicyclic) bond motifs is 1. The number of rotatable bonds is 2. The maximum atomic E-state index is 4.50. The van der Waals surface area contributed by atoms with Crippen molar-refractivity contribution in [3.63, 3.8) is 0 Å². The first-order chi connectivity index (χ1) is 7.92. The number of hydrogen-bond donors (Lipinski definition) is 2. The summed E-state index contributed by atoms with van der Waals surface area (Å²) >= 11 is 0. The molecule has 0 spiro atoms. The number of nitrogens with zero attached hydrogens (tertiary/aromatic N) is 2. The van der Waals surface area contributed by atoms with Gasteiger partial charge in [0.15, 0.2) is 0 Å². The van der Waals surface area contributed by atoms with Crippen LogP contribution in [0.1, 0.15) is 19.3 Å². The Hall–Kier alpha value is -1.55. The Morgan fingerprint density at radius 3 is 2.75 bits per heavy atom. The zero-order valence-electron chi connectivity index (χ0n) is 9.24. The summed E-state index contributed by atoms with van der Waals surface area (Å²) in [5.41, 5.74) is 5.44. The monoisotopic (exact) mass is 216 g/mol. The van der Waals surface area contributed by atoms with Crippen LogP contribution in [0.5, 0.6) is 0 Å². The van der Waals surface area contributed by atoms with Crippen molar-refractivity contribution < 1.29 is 0 Å². The maximum Gasteiger partial charge on any atom is 0.216 e. The van der Waals surface area contributed by atoms with Crippen molar-refractivity contribution in [2.75, 3.05) is 18.5 Å². The highest BCUT2D eigenvalue weighted by molar-refractivity contribution is 5.77. The third-order valence-corrected chi connectivity index (χ3v) is 3.01. The number of aromatic amines is 1. The topological polar surface area (TPSA) is 44.0 Å². The van der Waals surface area contributed by atoms with E-state index in [-0.39, 0.29) is 0 Å². The minimum Gasteiger partial charge on any atom is -0.323 e. The molecule has 4 heteroatoms. The molecule has 1 fully saturated rings. The molecule has 0 radical (unpaired) electrons. The molecule has 0 amide bonds. The second-order valence-corrected chi connectivity index (χ2v) is 4.26. The first-order valence-electron chi connectivity index (χ1n) is 5.88. The maximum absolute atomic E-state index is 4.50. The first-order valence-corrected chi connectivity index (χ1v) is 5.88. The second kappa shape index (κ2) is 4.14. The van der Waals surface area contributed by atoms with Crippen LogP contribution in [0, 0.1) is 0 Å². The molecule has 0 bridgehead atoms. The fourth-order valence-electron chi connectivity index (χ4n) is 2.16. The van der Waals surface area contributed by atoms with Crippen LogP contribution in [0.15, 0.2) is 24.3 Å². The Kier molecular flexibility index (Phi) is 2.50. The van der Waals surface area contributed by atoms with E-state index >= 15 is 0 Å². The third-order valence-electron chi connectivity index (χ3n) is 3.01. The van der Waals surface area contributed by atoms with Crippen LogP contribution in [-0.4, -0.2) is 28.1 Å². The van der Waals surface area contributed by atoms with E-state index in [1.54, 1.807) is 0 Å². The number of hydrogen-bond acceptors (Lipinski definition) is 3. The molecule has 4 nitrogen and oxygen atoms in total. The van der Waals surface area contributed by atoms with Gasteiger partial charge in [0.2, 0.25) is 5.95 Å². The Morgan fingerprint density at radius 1 is 1.12 bits per heavy atom. The van der Waals surface area contributed by atoms with E-state index in [9.17, 15) is 0 Å². The lowest BCUT2D eigenvalue weighted by atomic mass is 10.2. The summed E-state index contributed by atoms with van der Waals surface area (Å²) in [7, 11) is 0. The Balaban J connectivity index is 1.78. The number of anilines is 1. The van der Waals surface area contributed by atoms with Gasteiger partial charge in [-0.05, 0) is 25.0 Å². The van der Waals surface area contributed by atoms with Crippen LogP contribution in [-0.2, 0) is 0 Å². The van der Waals surface area contributed by atoms with Crippen molar-refractivity contribution >= 4 is 17.0 Å². The number of benzene rings is 1. The molecule has 0 saturated carbocycles. The zero-order chi connectivity index (χ0) is 10.8. The fraction of sp³-hybridized carbons (Fsp3) is 0.417. The van der Waals surface area contributed by atoms with Gasteiger partial charge in [0.25, 0.3) is 0 Å². The van der Waals surface area contributed by atoms with Crippen LogP contribution in [0.3, 0.4) is 0 Å². The van der Waals surface area contributed by atoms with Gasteiger partial charge in [-0.2, -0.15) is 0 Å². The Labute approximate surface area is 94.6 Å². The molecule has 16 heavy (non-hydrogen) atoms. The molecule has 3 rings (SSSR count). The molecule has 1 aliphatic heterocycles. The van der Waals surface area contributed by atoms with Crippen molar-refractivity contribution in [1.29, 1.82) is 0 Å². The quantitative estimate of drug-likeness (QED) is 0.810. The summed E-state index contributed by atoms with van der Waals surface area (Å²) in [5, 5.41) is 2.24. The van der Waals surface area contributed by atoms with Crippen molar-refractivity contribution in [3.05, 3.63) is 24.3 Å². The molecule has 2 heterocycles. The van der Waals surface area contributed by atoms with Crippen LogP contribution >= 0.6 is 0 Å². The van der Waals surface area contributed by atoms with E-state index in [1.165, 1.54) is 19.3 Å². The molecular weight excluding hydrogens is 200 g/mol. The third kappa shape index (κ3) is 1.88. The van der Waals surface area contributed by atoms with Gasteiger partial charge in [-0.3, -0.25) is 5.43 Å². The summed E-state index contributed by atoms with van der Waals surface area (Å²) < 4.78 is 0. The van der Waals surface area contributed by atoms with Gasteiger partial charge in [0, 0.05) is 13.1 Å². The molecule has 2 aromatic rings. The average Bonchev–Trinajstić information content (AvgIpc) is 2.72. The normalized spacial score (nSPS) is 17.8. The van der Waals surface area contributed by atoms with Gasteiger partial charge in [0.05, 0.1) is 11.0 Å². The largest absolute Gasteiger partial charge is 0.323 e. The lowest BCUT2D eigenvalue weighted by Crippen LogP contribution is -2.35. The number of H-pyrrole nitrogens is 1. The second-order valence-electron chi connectivity index (χ2n) is 4.26. The van der Waals surface area contributed by atoms with Crippen molar-refractivity contribution in [2.24, 2.45) is 0 Å². The van der Waals surface area contributed by atoms with Crippen LogP contribution < -0.4 is 5.43 Å². The van der Waals surface area contributed by atoms with Crippen LogP contribution in [0.4, 0.5) is 5.95 Å².